The summed E-state index contributed by atoms with van der Waals surface area (Å²) in [5.74, 6) is 0.630. The second kappa shape index (κ2) is 7.99. The number of fused-ring (bicyclic) bond motifs is 2. The molecule has 34 heavy (non-hydrogen) atoms. The standard InChI is InChI=1S/C28H23NO5/c1-16-4-10-24-20(12-16)22(30)14-26(33-24)17-5-7-18(8-6-17)27(32)29-19-9-11-25-21(13-19)23(31)15-28(2,3)34-25/h4-14H,15H2,1-3H3,(H,29,32). The van der Waals surface area contributed by atoms with Crippen LogP contribution in [0.4, 0.5) is 5.69 Å². The van der Waals surface area contributed by atoms with Gasteiger partial charge in [0.2, 0.25) is 0 Å². The highest BCUT2D eigenvalue weighted by Gasteiger charge is 2.32. The van der Waals surface area contributed by atoms with E-state index in [2.05, 4.69) is 5.32 Å². The van der Waals surface area contributed by atoms with Gasteiger partial charge in [-0.1, -0.05) is 23.8 Å². The largest absolute Gasteiger partial charge is 0.487 e. The summed E-state index contributed by atoms with van der Waals surface area (Å²) >= 11 is 0. The maximum absolute atomic E-state index is 12.8. The Labute approximate surface area is 196 Å². The fourth-order valence-electron chi connectivity index (χ4n) is 4.13. The zero-order valence-electron chi connectivity index (χ0n) is 19.1. The van der Waals surface area contributed by atoms with Gasteiger partial charge >= 0.3 is 0 Å². The van der Waals surface area contributed by atoms with Crippen LogP contribution in [0.25, 0.3) is 22.3 Å². The Morgan fingerprint density at radius 2 is 1.71 bits per heavy atom. The number of hydrogen-bond acceptors (Lipinski definition) is 5. The number of benzene rings is 3. The van der Waals surface area contributed by atoms with E-state index in [-0.39, 0.29) is 23.5 Å². The normalized spacial score (nSPS) is 14.4. The predicted molar refractivity (Wildman–Crippen MR) is 131 cm³/mol. The SMILES string of the molecule is Cc1ccc2oc(-c3ccc(C(=O)Nc4ccc5c(c4)C(=O)CC(C)(C)O5)cc3)cc(=O)c2c1. The Balaban J connectivity index is 1.36. The first kappa shape index (κ1) is 21.6. The average molecular weight is 453 g/mol. The lowest BCUT2D eigenvalue weighted by atomic mass is 9.93. The summed E-state index contributed by atoms with van der Waals surface area (Å²) in [7, 11) is 0. The van der Waals surface area contributed by atoms with Gasteiger partial charge in [0.25, 0.3) is 5.91 Å². The van der Waals surface area contributed by atoms with Crippen molar-refractivity contribution in [3.8, 4) is 17.1 Å². The van der Waals surface area contributed by atoms with Gasteiger partial charge in [0.15, 0.2) is 11.2 Å². The number of aryl methyl sites for hydroxylation is 1. The number of amides is 1. The molecule has 0 fully saturated rings. The van der Waals surface area contributed by atoms with Gasteiger partial charge in [-0.2, -0.15) is 0 Å². The zero-order chi connectivity index (χ0) is 24.0. The first-order valence-corrected chi connectivity index (χ1v) is 11.0. The highest BCUT2D eigenvalue weighted by molar-refractivity contribution is 6.06. The molecule has 0 atom stereocenters. The Morgan fingerprint density at radius 1 is 0.941 bits per heavy atom. The van der Waals surface area contributed by atoms with Crippen LogP contribution in [0.15, 0.2) is 75.9 Å². The Kier molecular flexibility index (Phi) is 5.09. The van der Waals surface area contributed by atoms with Gasteiger partial charge in [-0.25, -0.2) is 0 Å². The third kappa shape index (κ3) is 4.10. The van der Waals surface area contributed by atoms with E-state index >= 15 is 0 Å². The highest BCUT2D eigenvalue weighted by atomic mass is 16.5. The van der Waals surface area contributed by atoms with Gasteiger partial charge in [-0.05, 0) is 63.2 Å². The molecule has 3 aromatic carbocycles. The maximum atomic E-state index is 12.8. The molecule has 170 valence electrons. The second-order valence-electron chi connectivity index (χ2n) is 9.18. The lowest BCUT2D eigenvalue weighted by Gasteiger charge is -2.31. The number of hydrogen-bond donors (Lipinski definition) is 1. The quantitative estimate of drug-likeness (QED) is 0.426. The molecule has 0 saturated carbocycles. The third-order valence-electron chi connectivity index (χ3n) is 5.82. The highest BCUT2D eigenvalue weighted by Crippen LogP contribution is 2.34. The minimum Gasteiger partial charge on any atom is -0.487 e. The van der Waals surface area contributed by atoms with Gasteiger partial charge in [0.05, 0.1) is 17.4 Å². The van der Waals surface area contributed by atoms with E-state index in [9.17, 15) is 14.4 Å². The van der Waals surface area contributed by atoms with E-state index < -0.39 is 5.60 Å². The van der Waals surface area contributed by atoms with Crippen molar-refractivity contribution in [3.05, 3.63) is 93.6 Å². The van der Waals surface area contributed by atoms with Gasteiger partial charge in [0.1, 0.15) is 22.7 Å². The minimum atomic E-state index is -0.542. The van der Waals surface area contributed by atoms with Gasteiger partial charge in [-0.15, -0.1) is 0 Å². The summed E-state index contributed by atoms with van der Waals surface area (Å²) in [5.41, 5.74) is 2.95. The number of nitrogens with one attached hydrogen (secondary N) is 1. The number of ether oxygens (including phenoxy) is 1. The number of ketones is 1. The van der Waals surface area contributed by atoms with Crippen molar-refractivity contribution >= 4 is 28.3 Å². The van der Waals surface area contributed by atoms with Crippen molar-refractivity contribution in [2.24, 2.45) is 0 Å². The summed E-state index contributed by atoms with van der Waals surface area (Å²) in [6.07, 6.45) is 0.281. The van der Waals surface area contributed by atoms with Crippen LogP contribution in [0.1, 0.15) is 46.5 Å². The first-order valence-electron chi connectivity index (χ1n) is 11.0. The Morgan fingerprint density at radius 3 is 2.47 bits per heavy atom. The average Bonchev–Trinajstić information content (AvgIpc) is 2.79. The molecule has 0 bridgehead atoms. The molecule has 0 unspecified atom stereocenters. The molecule has 1 aromatic heterocycles. The van der Waals surface area contributed by atoms with E-state index in [1.165, 1.54) is 6.07 Å². The summed E-state index contributed by atoms with van der Waals surface area (Å²) in [6, 6.07) is 18.8. The second-order valence-corrected chi connectivity index (χ2v) is 9.18. The van der Waals surface area contributed by atoms with E-state index in [0.29, 0.717) is 44.9 Å². The third-order valence-corrected chi connectivity index (χ3v) is 5.82. The van der Waals surface area contributed by atoms with Gasteiger partial charge in [-0.3, -0.25) is 14.4 Å². The number of carbonyl (C=O) groups is 2. The van der Waals surface area contributed by atoms with Crippen molar-refractivity contribution in [3.63, 3.8) is 0 Å². The number of carbonyl (C=O) groups excluding carboxylic acids is 2. The van der Waals surface area contributed by atoms with Crippen LogP contribution in [0, 0.1) is 6.92 Å². The molecule has 1 amide bonds. The van der Waals surface area contributed by atoms with Crippen molar-refractivity contribution < 1.29 is 18.7 Å². The van der Waals surface area contributed by atoms with E-state index in [1.54, 1.807) is 54.6 Å². The molecule has 0 radical (unpaired) electrons. The van der Waals surface area contributed by atoms with E-state index in [4.69, 9.17) is 9.15 Å². The van der Waals surface area contributed by atoms with Crippen LogP contribution < -0.4 is 15.5 Å². The van der Waals surface area contributed by atoms with Crippen LogP contribution >= 0.6 is 0 Å². The van der Waals surface area contributed by atoms with Crippen LogP contribution in [0.3, 0.4) is 0 Å². The van der Waals surface area contributed by atoms with E-state index in [1.807, 2.05) is 26.8 Å². The van der Waals surface area contributed by atoms with Crippen LogP contribution in [0.2, 0.25) is 0 Å². The molecule has 4 aromatic rings. The monoisotopic (exact) mass is 453 g/mol. The van der Waals surface area contributed by atoms with Gasteiger partial charge in [0, 0.05) is 22.9 Å². The molecule has 0 aliphatic carbocycles. The maximum Gasteiger partial charge on any atom is 0.255 e. The van der Waals surface area contributed by atoms with Crippen molar-refractivity contribution in [2.75, 3.05) is 5.32 Å². The van der Waals surface area contributed by atoms with Crippen LogP contribution in [-0.2, 0) is 0 Å². The molecule has 0 saturated heterocycles. The summed E-state index contributed by atoms with van der Waals surface area (Å²) in [6.45, 7) is 5.67. The van der Waals surface area contributed by atoms with Crippen molar-refractivity contribution in [1.82, 2.24) is 0 Å². The van der Waals surface area contributed by atoms with Crippen LogP contribution in [0.5, 0.6) is 5.75 Å². The Hall–Kier alpha value is -4.19. The molecule has 1 N–H and O–H groups in total. The molecule has 6 nitrogen and oxygen atoms in total. The molecule has 1 aliphatic heterocycles. The smallest absolute Gasteiger partial charge is 0.255 e. The molecule has 5 rings (SSSR count). The topological polar surface area (TPSA) is 85.6 Å². The first-order chi connectivity index (χ1) is 16.2. The molecule has 6 heteroatoms. The summed E-state index contributed by atoms with van der Waals surface area (Å²) in [4.78, 5) is 37.8. The molecular weight excluding hydrogens is 430 g/mol. The molecule has 0 spiro atoms. The van der Waals surface area contributed by atoms with E-state index in [0.717, 1.165) is 5.56 Å². The predicted octanol–water partition coefficient (Wildman–Crippen LogP) is 5.76. The number of rotatable bonds is 3. The lowest BCUT2D eigenvalue weighted by Crippen LogP contribution is -2.35. The zero-order valence-corrected chi connectivity index (χ0v) is 19.1. The fourth-order valence-corrected chi connectivity index (χ4v) is 4.13. The number of Topliss-reactive ketones (excluding diaryl/α,β-unsaturated/α-hetero) is 1. The van der Waals surface area contributed by atoms with Crippen molar-refractivity contribution in [1.29, 1.82) is 0 Å². The molecule has 2 heterocycles. The summed E-state index contributed by atoms with van der Waals surface area (Å²) < 4.78 is 11.8. The van der Waals surface area contributed by atoms with Crippen LogP contribution in [-0.4, -0.2) is 17.3 Å². The Bertz CT molecular complexity index is 1510. The number of anilines is 1. The van der Waals surface area contributed by atoms with Gasteiger partial charge < -0.3 is 14.5 Å². The fraction of sp³-hybridized carbons (Fsp3) is 0.179. The van der Waals surface area contributed by atoms with Crippen molar-refractivity contribution in [2.45, 2.75) is 32.8 Å². The molecular formula is C28H23NO5. The molecule has 1 aliphatic rings. The minimum absolute atomic E-state index is 0.0151. The summed E-state index contributed by atoms with van der Waals surface area (Å²) in [5, 5.41) is 3.37. The lowest BCUT2D eigenvalue weighted by molar-refractivity contribution is 0.0620.